The molecule has 0 aromatic carbocycles. The highest BCUT2D eigenvalue weighted by molar-refractivity contribution is 7.13. The van der Waals surface area contributed by atoms with Gasteiger partial charge >= 0.3 is 0 Å². The molecule has 2 atom stereocenters. The third kappa shape index (κ3) is 2.70. The summed E-state index contributed by atoms with van der Waals surface area (Å²) in [5.74, 6) is 1.39. The second kappa shape index (κ2) is 5.40. The van der Waals surface area contributed by atoms with Crippen molar-refractivity contribution in [2.45, 2.75) is 32.5 Å². The van der Waals surface area contributed by atoms with Gasteiger partial charge < -0.3 is 9.84 Å². The summed E-state index contributed by atoms with van der Waals surface area (Å²) < 4.78 is 5.37. The van der Waals surface area contributed by atoms with Gasteiger partial charge in [-0.25, -0.2) is 0 Å². The predicted molar refractivity (Wildman–Crippen MR) is 74.9 cm³/mol. The van der Waals surface area contributed by atoms with E-state index in [-0.39, 0.29) is 0 Å². The summed E-state index contributed by atoms with van der Waals surface area (Å²) in [5, 5.41) is 9.50. The smallest absolute Gasteiger partial charge is 0.241 e. The van der Waals surface area contributed by atoms with E-state index in [0.717, 1.165) is 24.5 Å². The molecule has 102 valence electrons. The molecule has 6 heteroatoms. The molecule has 19 heavy (non-hydrogen) atoms. The monoisotopic (exact) mass is 278 g/mol. The number of rotatable bonds is 3. The summed E-state index contributed by atoms with van der Waals surface area (Å²) >= 11 is 1.63. The zero-order chi connectivity index (χ0) is 13.2. The van der Waals surface area contributed by atoms with Crippen LogP contribution in [-0.2, 0) is 6.54 Å². The maximum atomic E-state index is 5.37. The highest BCUT2D eigenvalue weighted by Crippen LogP contribution is 2.22. The van der Waals surface area contributed by atoms with E-state index in [1.54, 1.807) is 11.3 Å². The van der Waals surface area contributed by atoms with Crippen LogP contribution in [0.15, 0.2) is 22.0 Å². The third-order valence-corrected chi connectivity index (χ3v) is 4.41. The first-order chi connectivity index (χ1) is 9.24. The molecule has 0 saturated carbocycles. The van der Waals surface area contributed by atoms with Gasteiger partial charge in [-0.15, -0.1) is 11.3 Å². The van der Waals surface area contributed by atoms with Crippen LogP contribution in [0.2, 0.25) is 0 Å². The van der Waals surface area contributed by atoms with Crippen LogP contribution in [0.25, 0.3) is 10.7 Å². The minimum Gasteiger partial charge on any atom is -0.338 e. The van der Waals surface area contributed by atoms with Crippen LogP contribution in [0.1, 0.15) is 19.7 Å². The minimum atomic E-state index is 0.487. The summed E-state index contributed by atoms with van der Waals surface area (Å²) in [7, 11) is 0. The number of piperazine rings is 1. The molecule has 2 aromatic heterocycles. The summed E-state index contributed by atoms with van der Waals surface area (Å²) in [6, 6.07) is 4.98. The minimum absolute atomic E-state index is 0.487. The van der Waals surface area contributed by atoms with Crippen LogP contribution in [-0.4, -0.2) is 40.2 Å². The van der Waals surface area contributed by atoms with Gasteiger partial charge in [-0.2, -0.15) is 4.98 Å². The van der Waals surface area contributed by atoms with Gasteiger partial charge in [-0.05, 0) is 25.3 Å². The lowest BCUT2D eigenvalue weighted by Gasteiger charge is -2.38. The molecule has 3 rings (SSSR count). The lowest BCUT2D eigenvalue weighted by molar-refractivity contribution is 0.0947. The van der Waals surface area contributed by atoms with Gasteiger partial charge in [0.1, 0.15) is 0 Å². The van der Waals surface area contributed by atoms with Crippen molar-refractivity contribution in [3.63, 3.8) is 0 Å². The molecule has 1 N–H and O–H groups in total. The first-order valence-electron chi connectivity index (χ1n) is 6.57. The fraction of sp³-hybridized carbons (Fsp3) is 0.538. The zero-order valence-electron chi connectivity index (χ0n) is 11.2. The Labute approximate surface area is 116 Å². The summed E-state index contributed by atoms with van der Waals surface area (Å²) in [4.78, 5) is 7.94. The number of hydrogen-bond acceptors (Lipinski definition) is 6. The summed E-state index contributed by atoms with van der Waals surface area (Å²) in [6.45, 7) is 7.19. The Morgan fingerprint density at radius 1 is 1.42 bits per heavy atom. The SMILES string of the molecule is CC1CNCC(C)N1Cc1nc(-c2cccs2)no1. The average molecular weight is 278 g/mol. The Bertz CT molecular complexity index is 514. The number of aromatic nitrogens is 2. The quantitative estimate of drug-likeness (QED) is 0.930. The Balaban J connectivity index is 1.73. The van der Waals surface area contributed by atoms with E-state index >= 15 is 0 Å². The lowest BCUT2D eigenvalue weighted by Crippen LogP contribution is -2.54. The van der Waals surface area contributed by atoms with Crippen LogP contribution in [0.5, 0.6) is 0 Å². The maximum Gasteiger partial charge on any atom is 0.241 e. The highest BCUT2D eigenvalue weighted by Gasteiger charge is 2.26. The van der Waals surface area contributed by atoms with Crippen molar-refractivity contribution in [3.8, 4) is 10.7 Å². The molecule has 0 aliphatic carbocycles. The number of hydrogen-bond donors (Lipinski definition) is 1. The first kappa shape index (κ1) is 12.8. The maximum absolute atomic E-state index is 5.37. The molecule has 5 nitrogen and oxygen atoms in total. The van der Waals surface area contributed by atoms with Crippen LogP contribution >= 0.6 is 11.3 Å². The standard InChI is InChI=1S/C13H18N4OS/c1-9-6-14-7-10(2)17(9)8-12-15-13(16-18-12)11-4-3-5-19-11/h3-5,9-10,14H,6-8H2,1-2H3. The fourth-order valence-corrected chi connectivity index (χ4v) is 3.11. The number of nitrogens with zero attached hydrogens (tertiary/aromatic N) is 3. The Hall–Kier alpha value is -1.24. The molecule has 2 unspecified atom stereocenters. The predicted octanol–water partition coefficient (Wildman–Crippen LogP) is 1.98. The van der Waals surface area contributed by atoms with E-state index in [9.17, 15) is 0 Å². The van der Waals surface area contributed by atoms with Crippen molar-refractivity contribution >= 4 is 11.3 Å². The second-order valence-corrected chi connectivity index (χ2v) is 5.97. The van der Waals surface area contributed by atoms with Crippen LogP contribution < -0.4 is 5.32 Å². The zero-order valence-corrected chi connectivity index (χ0v) is 12.0. The molecule has 1 fully saturated rings. The summed E-state index contributed by atoms with van der Waals surface area (Å²) in [6.07, 6.45) is 0. The van der Waals surface area contributed by atoms with E-state index in [1.807, 2.05) is 17.5 Å². The van der Waals surface area contributed by atoms with Gasteiger partial charge in [0.15, 0.2) is 0 Å². The molecule has 1 aliphatic rings. The van der Waals surface area contributed by atoms with Gasteiger partial charge in [0.25, 0.3) is 0 Å². The van der Waals surface area contributed by atoms with Crippen LogP contribution in [0, 0.1) is 0 Å². The molecule has 1 saturated heterocycles. The molecule has 0 spiro atoms. The summed E-state index contributed by atoms with van der Waals surface area (Å²) in [5.41, 5.74) is 0. The van der Waals surface area contributed by atoms with Crippen LogP contribution in [0.3, 0.4) is 0 Å². The van der Waals surface area contributed by atoms with Crippen molar-refractivity contribution in [1.82, 2.24) is 20.4 Å². The molecule has 0 radical (unpaired) electrons. The number of thiophene rings is 1. The third-order valence-electron chi connectivity index (χ3n) is 3.54. The van der Waals surface area contributed by atoms with Crippen molar-refractivity contribution < 1.29 is 4.52 Å². The number of nitrogens with one attached hydrogen (secondary N) is 1. The Morgan fingerprint density at radius 2 is 2.21 bits per heavy atom. The van der Waals surface area contributed by atoms with Crippen molar-refractivity contribution in [2.24, 2.45) is 0 Å². The van der Waals surface area contributed by atoms with Gasteiger partial charge in [0.2, 0.25) is 11.7 Å². The highest BCUT2D eigenvalue weighted by atomic mass is 32.1. The molecule has 2 aromatic rings. The van der Waals surface area contributed by atoms with E-state index < -0.39 is 0 Å². The lowest BCUT2D eigenvalue weighted by atomic mass is 10.1. The van der Waals surface area contributed by atoms with Crippen LogP contribution in [0.4, 0.5) is 0 Å². The fourth-order valence-electron chi connectivity index (χ4n) is 2.46. The van der Waals surface area contributed by atoms with Gasteiger partial charge in [-0.3, -0.25) is 4.90 Å². The topological polar surface area (TPSA) is 54.2 Å². The second-order valence-electron chi connectivity index (χ2n) is 5.02. The molecular formula is C13H18N4OS. The Kier molecular flexibility index (Phi) is 3.63. The van der Waals surface area contributed by atoms with E-state index in [2.05, 4.69) is 34.2 Å². The van der Waals surface area contributed by atoms with E-state index in [0.29, 0.717) is 23.8 Å². The van der Waals surface area contributed by atoms with Gasteiger partial charge in [0, 0.05) is 25.2 Å². The van der Waals surface area contributed by atoms with Crippen molar-refractivity contribution in [3.05, 3.63) is 23.4 Å². The van der Waals surface area contributed by atoms with Crippen molar-refractivity contribution in [1.29, 1.82) is 0 Å². The Morgan fingerprint density at radius 3 is 2.89 bits per heavy atom. The molecule has 3 heterocycles. The molecule has 1 aliphatic heterocycles. The van der Waals surface area contributed by atoms with E-state index in [4.69, 9.17) is 4.52 Å². The van der Waals surface area contributed by atoms with Gasteiger partial charge in [0.05, 0.1) is 11.4 Å². The molecule has 0 amide bonds. The molecule has 0 bridgehead atoms. The van der Waals surface area contributed by atoms with E-state index in [1.165, 1.54) is 0 Å². The average Bonchev–Trinajstić information content (AvgIpc) is 3.04. The largest absolute Gasteiger partial charge is 0.338 e. The first-order valence-corrected chi connectivity index (χ1v) is 7.45. The molecular weight excluding hydrogens is 260 g/mol. The van der Waals surface area contributed by atoms with Gasteiger partial charge in [-0.1, -0.05) is 11.2 Å². The van der Waals surface area contributed by atoms with Crippen molar-refractivity contribution in [2.75, 3.05) is 13.1 Å². The normalized spacial score (nSPS) is 24.7.